The molecule has 140 valence electrons. The number of carbonyl (C=O) groups is 2. The third-order valence-electron chi connectivity index (χ3n) is 4.13. The second-order valence-electron chi connectivity index (χ2n) is 6.43. The summed E-state index contributed by atoms with van der Waals surface area (Å²) in [6.45, 7) is 5.34. The quantitative estimate of drug-likeness (QED) is 0.523. The molecule has 5 nitrogen and oxygen atoms in total. The Labute approximate surface area is 171 Å². The molecule has 2 aliphatic rings. The van der Waals surface area contributed by atoms with Gasteiger partial charge in [-0.05, 0) is 32.0 Å². The van der Waals surface area contributed by atoms with Gasteiger partial charge in [0.1, 0.15) is 9.57 Å². The first kappa shape index (κ1) is 19.9. The molecule has 0 N–H and O–H groups in total. The molecule has 3 rings (SSSR count). The fraction of sp³-hybridized carbons (Fsp3) is 0.471. The zero-order valence-corrected chi connectivity index (χ0v) is 17.4. The molecular weight excluding hydrogens is 415 g/mol. The van der Waals surface area contributed by atoms with Gasteiger partial charge in [0.2, 0.25) is 11.8 Å². The highest BCUT2D eigenvalue weighted by atomic mass is 35.5. The van der Waals surface area contributed by atoms with E-state index in [-0.39, 0.29) is 30.4 Å². The summed E-state index contributed by atoms with van der Waals surface area (Å²) >= 11 is 18.8. The van der Waals surface area contributed by atoms with Gasteiger partial charge in [-0.1, -0.05) is 47.2 Å². The molecule has 1 aromatic rings. The van der Waals surface area contributed by atoms with Crippen LogP contribution in [0, 0.1) is 0 Å². The molecule has 2 amide bonds. The molecule has 2 aliphatic heterocycles. The normalized spacial score (nSPS) is 26.5. The van der Waals surface area contributed by atoms with Crippen LogP contribution in [0.1, 0.15) is 20.3 Å². The molecule has 1 aromatic carbocycles. The van der Waals surface area contributed by atoms with Gasteiger partial charge in [-0.15, -0.1) is 0 Å². The second kappa shape index (κ2) is 8.02. The monoisotopic (exact) mass is 432 g/mol. The number of amides is 2. The number of thioether (sulfide) groups is 1. The zero-order valence-electron chi connectivity index (χ0n) is 14.3. The molecule has 0 spiro atoms. The number of anilines is 1. The van der Waals surface area contributed by atoms with Crippen molar-refractivity contribution >= 4 is 69.0 Å². The van der Waals surface area contributed by atoms with Crippen molar-refractivity contribution in [2.75, 3.05) is 18.0 Å². The largest absolute Gasteiger partial charge is 0.372 e. The van der Waals surface area contributed by atoms with E-state index < -0.39 is 5.25 Å². The second-order valence-corrected chi connectivity index (χ2v) is 9.14. The van der Waals surface area contributed by atoms with Crippen LogP contribution in [0.3, 0.4) is 0 Å². The van der Waals surface area contributed by atoms with Crippen molar-refractivity contribution in [1.29, 1.82) is 0 Å². The number of morpholine rings is 1. The van der Waals surface area contributed by atoms with Crippen molar-refractivity contribution < 1.29 is 14.3 Å². The Morgan fingerprint density at radius 3 is 2.31 bits per heavy atom. The maximum atomic E-state index is 12.8. The average Bonchev–Trinajstić information content (AvgIpc) is 2.79. The zero-order chi connectivity index (χ0) is 19.0. The van der Waals surface area contributed by atoms with Gasteiger partial charge in [0, 0.05) is 29.6 Å². The van der Waals surface area contributed by atoms with Crippen LogP contribution in [0.25, 0.3) is 0 Å². The van der Waals surface area contributed by atoms with Gasteiger partial charge in [0.05, 0.1) is 17.9 Å². The first-order valence-electron chi connectivity index (χ1n) is 8.18. The summed E-state index contributed by atoms with van der Waals surface area (Å²) in [5, 5.41) is 0.202. The lowest BCUT2D eigenvalue weighted by atomic mass is 10.2. The summed E-state index contributed by atoms with van der Waals surface area (Å²) in [5.74, 6) is -0.576. The molecular formula is C17H18Cl2N2O3S2. The van der Waals surface area contributed by atoms with Crippen molar-refractivity contribution in [3.05, 3.63) is 28.2 Å². The SMILES string of the molecule is C[C@@H]1CN(C(=S)S[C@H]2CC(=O)N(c3cc(Cl)cc(Cl)c3)C2=O)C[C@@H](C)O1. The lowest BCUT2D eigenvalue weighted by Crippen LogP contribution is -2.47. The number of thiocarbonyl (C=S) groups is 1. The van der Waals surface area contributed by atoms with E-state index in [1.807, 2.05) is 18.7 Å². The van der Waals surface area contributed by atoms with Gasteiger partial charge in [-0.3, -0.25) is 9.59 Å². The van der Waals surface area contributed by atoms with Crippen LogP contribution in [-0.4, -0.2) is 51.6 Å². The van der Waals surface area contributed by atoms with Crippen LogP contribution in [-0.2, 0) is 14.3 Å². The van der Waals surface area contributed by atoms with Crippen molar-refractivity contribution in [1.82, 2.24) is 4.90 Å². The maximum absolute atomic E-state index is 12.8. The predicted octanol–water partition coefficient (Wildman–Crippen LogP) is 3.75. The first-order valence-corrected chi connectivity index (χ1v) is 10.2. The minimum absolute atomic E-state index is 0.0725. The number of imide groups is 1. The minimum Gasteiger partial charge on any atom is -0.372 e. The van der Waals surface area contributed by atoms with Gasteiger partial charge >= 0.3 is 0 Å². The van der Waals surface area contributed by atoms with Crippen LogP contribution in [0.5, 0.6) is 0 Å². The minimum atomic E-state index is -0.541. The standard InChI is InChI=1S/C17H18Cl2N2O3S2/c1-9-7-20(8-10(2)24-9)17(25)26-14-6-15(22)21(16(14)23)13-4-11(18)3-12(19)5-13/h3-5,9-10,14H,6-8H2,1-2H3/t9-,10-,14+/m1/s1. The number of hydrogen-bond acceptors (Lipinski definition) is 5. The Bertz CT molecular complexity index is 731. The van der Waals surface area contributed by atoms with E-state index in [0.29, 0.717) is 33.1 Å². The fourth-order valence-corrected chi connectivity index (χ4v) is 5.14. The van der Waals surface area contributed by atoms with Crippen LogP contribution >= 0.6 is 47.2 Å². The molecule has 0 aliphatic carbocycles. The summed E-state index contributed by atoms with van der Waals surface area (Å²) in [5.41, 5.74) is 0.389. The highest BCUT2D eigenvalue weighted by Gasteiger charge is 2.41. The predicted molar refractivity (Wildman–Crippen MR) is 109 cm³/mol. The Hall–Kier alpha value is -0.860. The Kier molecular flexibility index (Phi) is 6.14. The number of halogens is 2. The van der Waals surface area contributed by atoms with E-state index in [0.717, 1.165) is 4.90 Å². The Morgan fingerprint density at radius 2 is 1.73 bits per heavy atom. The topological polar surface area (TPSA) is 49.9 Å². The number of hydrogen-bond donors (Lipinski definition) is 0. The molecule has 26 heavy (non-hydrogen) atoms. The molecule has 0 radical (unpaired) electrons. The lowest BCUT2D eigenvalue weighted by Gasteiger charge is -2.36. The molecule has 0 unspecified atom stereocenters. The molecule has 2 fully saturated rings. The van der Waals surface area contributed by atoms with E-state index in [1.165, 1.54) is 11.8 Å². The van der Waals surface area contributed by atoms with Crippen LogP contribution in [0.2, 0.25) is 10.0 Å². The van der Waals surface area contributed by atoms with Crippen molar-refractivity contribution in [3.8, 4) is 0 Å². The summed E-state index contributed by atoms with van der Waals surface area (Å²) in [6, 6.07) is 4.67. The van der Waals surface area contributed by atoms with E-state index in [1.54, 1.807) is 18.2 Å². The summed E-state index contributed by atoms with van der Waals surface area (Å²) in [4.78, 5) is 28.4. The Balaban J connectivity index is 1.71. The van der Waals surface area contributed by atoms with Gasteiger partial charge < -0.3 is 9.64 Å². The smallest absolute Gasteiger partial charge is 0.247 e. The molecule has 0 saturated carbocycles. The Morgan fingerprint density at radius 1 is 1.15 bits per heavy atom. The van der Waals surface area contributed by atoms with E-state index in [4.69, 9.17) is 40.2 Å². The van der Waals surface area contributed by atoms with Gasteiger partial charge in [0.15, 0.2) is 0 Å². The highest BCUT2D eigenvalue weighted by molar-refractivity contribution is 8.23. The van der Waals surface area contributed by atoms with Crippen LogP contribution < -0.4 is 4.90 Å². The van der Waals surface area contributed by atoms with Crippen LogP contribution in [0.15, 0.2) is 18.2 Å². The summed E-state index contributed by atoms with van der Waals surface area (Å²) < 4.78 is 6.32. The molecule has 0 aromatic heterocycles. The highest BCUT2D eigenvalue weighted by Crippen LogP contribution is 2.34. The summed E-state index contributed by atoms with van der Waals surface area (Å²) in [6.07, 6.45) is 0.245. The fourth-order valence-electron chi connectivity index (χ4n) is 3.16. The molecule has 3 atom stereocenters. The van der Waals surface area contributed by atoms with Gasteiger partial charge in [0.25, 0.3) is 0 Å². The maximum Gasteiger partial charge on any atom is 0.247 e. The number of rotatable bonds is 2. The van der Waals surface area contributed by atoms with Gasteiger partial charge in [-0.25, -0.2) is 4.90 Å². The first-order chi connectivity index (χ1) is 12.2. The molecule has 9 heteroatoms. The number of ether oxygens (including phenoxy) is 1. The number of carbonyl (C=O) groups excluding carboxylic acids is 2. The molecule has 0 bridgehead atoms. The number of benzene rings is 1. The summed E-state index contributed by atoms with van der Waals surface area (Å²) in [7, 11) is 0. The molecule has 2 saturated heterocycles. The van der Waals surface area contributed by atoms with E-state index >= 15 is 0 Å². The molecule has 2 heterocycles. The lowest BCUT2D eigenvalue weighted by molar-refractivity contribution is -0.121. The number of nitrogens with zero attached hydrogens (tertiary/aromatic N) is 2. The average molecular weight is 433 g/mol. The van der Waals surface area contributed by atoms with Gasteiger partial charge in [-0.2, -0.15) is 0 Å². The van der Waals surface area contributed by atoms with Crippen molar-refractivity contribution in [2.24, 2.45) is 0 Å². The van der Waals surface area contributed by atoms with E-state index in [2.05, 4.69) is 0 Å². The third kappa shape index (κ3) is 4.34. The van der Waals surface area contributed by atoms with Crippen molar-refractivity contribution in [3.63, 3.8) is 0 Å². The third-order valence-corrected chi connectivity index (χ3v) is 6.23. The van der Waals surface area contributed by atoms with Crippen LogP contribution in [0.4, 0.5) is 5.69 Å². The van der Waals surface area contributed by atoms with Crippen molar-refractivity contribution in [2.45, 2.75) is 37.7 Å². The van der Waals surface area contributed by atoms with E-state index in [9.17, 15) is 9.59 Å².